The second kappa shape index (κ2) is 9.44. The Morgan fingerprint density at radius 1 is 1.24 bits per heavy atom. The molecule has 2 aromatic rings. The van der Waals surface area contributed by atoms with Gasteiger partial charge in [-0.3, -0.25) is 9.69 Å². The Balaban J connectivity index is 1.52. The Kier molecular flexibility index (Phi) is 7.18. The number of hydrogen-bond acceptors (Lipinski definition) is 6. The lowest BCUT2D eigenvalue weighted by Crippen LogP contribution is -2.54. The smallest absolute Gasteiger partial charge is 0.252 e. The number of nitrogens with one attached hydrogen (secondary N) is 1. The molecular weight excluding hydrogens is 434 g/mol. The maximum Gasteiger partial charge on any atom is 0.252 e. The summed E-state index contributed by atoms with van der Waals surface area (Å²) in [4.78, 5) is 14.5. The van der Waals surface area contributed by atoms with Gasteiger partial charge < -0.3 is 10.1 Å². The molecule has 2 heterocycles. The van der Waals surface area contributed by atoms with Gasteiger partial charge >= 0.3 is 0 Å². The van der Waals surface area contributed by atoms with Crippen molar-refractivity contribution in [3.8, 4) is 5.75 Å². The summed E-state index contributed by atoms with van der Waals surface area (Å²) in [6.07, 6.45) is 0. The van der Waals surface area contributed by atoms with E-state index in [1.54, 1.807) is 13.2 Å². The van der Waals surface area contributed by atoms with E-state index in [-0.39, 0.29) is 16.2 Å². The van der Waals surface area contributed by atoms with Crippen LogP contribution in [-0.4, -0.2) is 62.9 Å². The lowest BCUT2D eigenvalue weighted by Gasteiger charge is -2.36. The van der Waals surface area contributed by atoms with Gasteiger partial charge in [-0.1, -0.05) is 23.7 Å². The molecule has 1 atom stereocenters. The van der Waals surface area contributed by atoms with Crippen LogP contribution in [-0.2, 0) is 21.4 Å². The summed E-state index contributed by atoms with van der Waals surface area (Å²) in [5.41, 5.74) is 0.954. The van der Waals surface area contributed by atoms with Crippen molar-refractivity contribution >= 4 is 38.9 Å². The first kappa shape index (κ1) is 22.0. The maximum atomic E-state index is 12.7. The quantitative estimate of drug-likeness (QED) is 0.690. The van der Waals surface area contributed by atoms with E-state index < -0.39 is 10.0 Å². The summed E-state index contributed by atoms with van der Waals surface area (Å²) >= 11 is 6.93. The first-order valence-corrected chi connectivity index (χ1v) is 11.8. The number of ether oxygens (including phenoxy) is 1. The Labute approximate surface area is 180 Å². The predicted octanol–water partition coefficient (Wildman–Crippen LogP) is 2.42. The van der Waals surface area contributed by atoms with E-state index in [0.717, 1.165) is 22.6 Å². The highest BCUT2D eigenvalue weighted by Gasteiger charge is 2.32. The topological polar surface area (TPSA) is 79.0 Å². The third-order valence-corrected chi connectivity index (χ3v) is 8.54. The van der Waals surface area contributed by atoms with Gasteiger partial charge in [-0.05, 0) is 36.8 Å². The van der Waals surface area contributed by atoms with E-state index in [1.807, 2.05) is 36.1 Å². The minimum Gasteiger partial charge on any atom is -0.497 e. The van der Waals surface area contributed by atoms with Gasteiger partial charge in [-0.2, -0.15) is 4.31 Å². The summed E-state index contributed by atoms with van der Waals surface area (Å²) in [5.74, 6) is 0.656. The summed E-state index contributed by atoms with van der Waals surface area (Å²) in [5, 5.41) is 2.94. The SMILES string of the molecule is COc1cccc(CNC(=O)C(C)N2CCN(S(=O)(=O)c3ccc(Cl)s3)CC2)c1. The summed E-state index contributed by atoms with van der Waals surface area (Å²) in [6, 6.07) is 10.3. The number of sulfonamides is 1. The summed E-state index contributed by atoms with van der Waals surface area (Å²) in [6.45, 7) is 3.91. The fourth-order valence-electron chi connectivity index (χ4n) is 3.18. The second-order valence-corrected chi connectivity index (χ2v) is 10.6. The molecule has 1 saturated heterocycles. The van der Waals surface area contributed by atoms with Crippen LogP contribution in [0.3, 0.4) is 0 Å². The zero-order valence-corrected chi connectivity index (χ0v) is 18.7. The molecule has 10 heteroatoms. The number of carbonyl (C=O) groups is 1. The fraction of sp³-hybridized carbons (Fsp3) is 0.421. The first-order valence-electron chi connectivity index (χ1n) is 9.21. The third-order valence-electron chi connectivity index (χ3n) is 4.94. The monoisotopic (exact) mass is 457 g/mol. The molecule has 0 saturated carbocycles. The predicted molar refractivity (Wildman–Crippen MR) is 114 cm³/mol. The zero-order chi connectivity index (χ0) is 21.0. The fourth-order valence-corrected chi connectivity index (χ4v) is 6.24. The molecule has 1 aliphatic heterocycles. The average molecular weight is 458 g/mol. The van der Waals surface area contributed by atoms with E-state index in [1.165, 1.54) is 10.4 Å². The molecule has 3 rings (SSSR count). The van der Waals surface area contributed by atoms with Crippen LogP contribution in [0.4, 0.5) is 0 Å². The van der Waals surface area contributed by atoms with Gasteiger partial charge in [0.25, 0.3) is 10.0 Å². The molecule has 0 aliphatic carbocycles. The Bertz CT molecular complexity index is 956. The van der Waals surface area contributed by atoms with Crippen molar-refractivity contribution in [3.63, 3.8) is 0 Å². The number of rotatable bonds is 7. The van der Waals surface area contributed by atoms with Crippen molar-refractivity contribution in [3.05, 3.63) is 46.3 Å². The summed E-state index contributed by atoms with van der Waals surface area (Å²) in [7, 11) is -1.93. The number of carbonyl (C=O) groups excluding carboxylic acids is 1. The maximum absolute atomic E-state index is 12.7. The van der Waals surface area contributed by atoms with Crippen LogP contribution in [0.1, 0.15) is 12.5 Å². The van der Waals surface area contributed by atoms with Crippen molar-refractivity contribution in [1.29, 1.82) is 0 Å². The van der Waals surface area contributed by atoms with Gasteiger partial charge in [-0.15, -0.1) is 11.3 Å². The van der Waals surface area contributed by atoms with E-state index >= 15 is 0 Å². The number of thiophene rings is 1. The number of amides is 1. The normalized spacial score (nSPS) is 17.1. The highest BCUT2D eigenvalue weighted by Crippen LogP contribution is 2.28. The highest BCUT2D eigenvalue weighted by molar-refractivity contribution is 7.91. The molecule has 1 fully saturated rings. The molecule has 1 unspecified atom stereocenters. The Morgan fingerprint density at radius 2 is 1.97 bits per heavy atom. The Hall–Kier alpha value is -1.65. The van der Waals surface area contributed by atoms with Crippen LogP contribution in [0.2, 0.25) is 4.34 Å². The molecule has 7 nitrogen and oxygen atoms in total. The number of piperazine rings is 1. The molecule has 0 bridgehead atoms. The van der Waals surface area contributed by atoms with Crippen LogP contribution in [0, 0.1) is 0 Å². The average Bonchev–Trinajstić information content (AvgIpc) is 3.19. The molecule has 1 aliphatic rings. The highest BCUT2D eigenvalue weighted by atomic mass is 35.5. The van der Waals surface area contributed by atoms with Gasteiger partial charge in [0.2, 0.25) is 5.91 Å². The van der Waals surface area contributed by atoms with Crippen molar-refractivity contribution in [2.75, 3.05) is 33.3 Å². The lowest BCUT2D eigenvalue weighted by molar-refractivity contribution is -0.126. The molecule has 0 spiro atoms. The van der Waals surface area contributed by atoms with E-state index in [0.29, 0.717) is 37.1 Å². The van der Waals surface area contributed by atoms with Gasteiger partial charge in [-0.25, -0.2) is 8.42 Å². The molecule has 29 heavy (non-hydrogen) atoms. The first-order chi connectivity index (χ1) is 13.8. The Morgan fingerprint density at radius 3 is 2.59 bits per heavy atom. The standard InChI is InChI=1S/C19H24ClN3O4S2/c1-14(19(24)21-13-15-4-3-5-16(12-15)27-2)22-8-10-23(11-9-22)29(25,26)18-7-6-17(20)28-18/h3-7,12,14H,8-11,13H2,1-2H3,(H,21,24). The number of methoxy groups -OCH3 is 1. The number of hydrogen-bond donors (Lipinski definition) is 1. The van der Waals surface area contributed by atoms with Crippen molar-refractivity contribution in [1.82, 2.24) is 14.5 Å². The van der Waals surface area contributed by atoms with Crippen LogP contribution in [0.15, 0.2) is 40.6 Å². The lowest BCUT2D eigenvalue weighted by atomic mass is 10.2. The van der Waals surface area contributed by atoms with E-state index in [9.17, 15) is 13.2 Å². The zero-order valence-electron chi connectivity index (χ0n) is 16.3. The van der Waals surface area contributed by atoms with Gasteiger partial charge in [0.15, 0.2) is 0 Å². The van der Waals surface area contributed by atoms with Crippen LogP contribution < -0.4 is 10.1 Å². The van der Waals surface area contributed by atoms with E-state index in [4.69, 9.17) is 16.3 Å². The molecule has 1 N–H and O–H groups in total. The minimum atomic E-state index is -3.54. The van der Waals surface area contributed by atoms with Gasteiger partial charge in [0, 0.05) is 32.7 Å². The van der Waals surface area contributed by atoms with Gasteiger partial charge in [0.1, 0.15) is 9.96 Å². The number of nitrogens with zero attached hydrogens (tertiary/aromatic N) is 2. The largest absolute Gasteiger partial charge is 0.497 e. The number of benzene rings is 1. The molecule has 1 aromatic heterocycles. The molecule has 0 radical (unpaired) electrons. The van der Waals surface area contributed by atoms with E-state index in [2.05, 4.69) is 5.32 Å². The third kappa shape index (κ3) is 5.29. The summed E-state index contributed by atoms with van der Waals surface area (Å²) < 4.78 is 32.7. The van der Waals surface area contributed by atoms with Crippen LogP contribution >= 0.6 is 22.9 Å². The van der Waals surface area contributed by atoms with Crippen LogP contribution in [0.5, 0.6) is 5.75 Å². The molecular formula is C19H24ClN3O4S2. The number of halogens is 1. The van der Waals surface area contributed by atoms with Crippen molar-refractivity contribution < 1.29 is 17.9 Å². The molecule has 1 aromatic carbocycles. The van der Waals surface area contributed by atoms with Gasteiger partial charge in [0.05, 0.1) is 17.5 Å². The van der Waals surface area contributed by atoms with Crippen LogP contribution in [0.25, 0.3) is 0 Å². The molecule has 1 amide bonds. The van der Waals surface area contributed by atoms with Crippen molar-refractivity contribution in [2.24, 2.45) is 0 Å². The minimum absolute atomic E-state index is 0.0887. The van der Waals surface area contributed by atoms with Crippen molar-refractivity contribution in [2.45, 2.75) is 23.7 Å². The molecule has 158 valence electrons. The second-order valence-electron chi connectivity index (χ2n) is 6.74.